The predicted molar refractivity (Wildman–Crippen MR) is 76.0 cm³/mol. The first kappa shape index (κ1) is 15.2. The molecule has 0 atom stereocenters. The van der Waals surface area contributed by atoms with Crippen LogP contribution < -0.4 is 5.73 Å². The lowest BCUT2D eigenvalue weighted by Gasteiger charge is -2.01. The number of nitrogen functional groups attached to an aromatic ring is 1. The number of aromatic carboxylic acids is 2. The maximum absolute atomic E-state index is 10.6. The third kappa shape index (κ3) is 4.45. The molecule has 0 aliphatic heterocycles. The van der Waals surface area contributed by atoms with Gasteiger partial charge in [-0.3, -0.25) is 0 Å². The van der Waals surface area contributed by atoms with Crippen molar-refractivity contribution >= 4 is 17.6 Å². The third-order valence-electron chi connectivity index (χ3n) is 2.51. The van der Waals surface area contributed by atoms with Gasteiger partial charge in [0.25, 0.3) is 0 Å². The minimum Gasteiger partial charge on any atom is -0.478 e. The summed E-state index contributed by atoms with van der Waals surface area (Å²) in [4.78, 5) is 21.1. The van der Waals surface area contributed by atoms with Gasteiger partial charge in [-0.15, -0.1) is 0 Å². The first-order valence-corrected chi connectivity index (χ1v) is 5.79. The quantitative estimate of drug-likeness (QED) is 0.730. The van der Waals surface area contributed by atoms with E-state index in [1.54, 1.807) is 6.92 Å². The molecule has 0 bridgehead atoms. The van der Waals surface area contributed by atoms with Crippen LogP contribution in [0.4, 0.5) is 5.69 Å². The lowest BCUT2D eigenvalue weighted by atomic mass is 10.1. The number of carboxylic acid groups (broad SMARTS) is 2. The molecule has 0 saturated carbocycles. The zero-order chi connectivity index (χ0) is 15.1. The topological polar surface area (TPSA) is 101 Å². The molecule has 2 rings (SSSR count). The van der Waals surface area contributed by atoms with E-state index in [1.807, 2.05) is 30.3 Å². The Hall–Kier alpha value is -2.82. The molecule has 0 saturated heterocycles. The van der Waals surface area contributed by atoms with Gasteiger partial charge in [-0.25, -0.2) is 9.59 Å². The van der Waals surface area contributed by atoms with Crippen LogP contribution in [-0.2, 0) is 0 Å². The Labute approximate surface area is 116 Å². The van der Waals surface area contributed by atoms with Gasteiger partial charge in [0.2, 0.25) is 0 Å². The molecule has 0 aromatic heterocycles. The first-order valence-electron chi connectivity index (χ1n) is 5.79. The second-order valence-corrected chi connectivity index (χ2v) is 4.05. The van der Waals surface area contributed by atoms with E-state index in [9.17, 15) is 9.59 Å². The van der Waals surface area contributed by atoms with Crippen LogP contribution in [0.5, 0.6) is 0 Å². The summed E-state index contributed by atoms with van der Waals surface area (Å²) in [5.74, 6) is -2.23. The Kier molecular flexibility index (Phi) is 5.29. The number of hydrogen-bond acceptors (Lipinski definition) is 3. The molecule has 2 aromatic rings. The van der Waals surface area contributed by atoms with Crippen molar-refractivity contribution in [3.63, 3.8) is 0 Å². The van der Waals surface area contributed by atoms with Crippen LogP contribution in [0.3, 0.4) is 0 Å². The summed E-state index contributed by atoms with van der Waals surface area (Å²) in [6.45, 7) is 1.62. The van der Waals surface area contributed by atoms with Crippen LogP contribution in [0.25, 0.3) is 0 Å². The highest BCUT2D eigenvalue weighted by Gasteiger charge is 2.10. The average Bonchev–Trinajstić information content (AvgIpc) is 2.40. The Balaban J connectivity index is 0.000000240. The van der Waals surface area contributed by atoms with Crippen molar-refractivity contribution in [3.8, 4) is 0 Å². The van der Waals surface area contributed by atoms with Gasteiger partial charge in [0.15, 0.2) is 0 Å². The zero-order valence-electron chi connectivity index (χ0n) is 10.9. The molecule has 0 amide bonds. The second kappa shape index (κ2) is 6.94. The Morgan fingerprint density at radius 3 is 1.95 bits per heavy atom. The normalized spacial score (nSPS) is 9.25. The summed E-state index contributed by atoms with van der Waals surface area (Å²) in [5, 5.41) is 17.3. The molecule has 20 heavy (non-hydrogen) atoms. The van der Waals surface area contributed by atoms with Gasteiger partial charge in [0, 0.05) is 5.69 Å². The number of para-hydroxylation sites is 1. The van der Waals surface area contributed by atoms with Crippen molar-refractivity contribution < 1.29 is 19.8 Å². The fourth-order valence-corrected chi connectivity index (χ4v) is 1.44. The molecule has 4 N–H and O–H groups in total. The Morgan fingerprint density at radius 1 is 0.950 bits per heavy atom. The number of carboxylic acids is 2. The SMILES string of the molecule is Cc1ccc(C(=O)O)cc1C(=O)O.Nc1ccccc1. The molecule has 0 radical (unpaired) electrons. The summed E-state index contributed by atoms with van der Waals surface area (Å²) < 4.78 is 0. The fraction of sp³-hybridized carbons (Fsp3) is 0.0667. The Bertz CT molecular complexity index is 609. The number of hydrogen-bond donors (Lipinski definition) is 3. The van der Waals surface area contributed by atoms with Crippen LogP contribution in [0, 0.1) is 6.92 Å². The number of benzene rings is 2. The summed E-state index contributed by atoms with van der Waals surface area (Å²) in [7, 11) is 0. The first-order chi connectivity index (χ1) is 9.41. The van der Waals surface area contributed by atoms with Crippen LogP contribution in [-0.4, -0.2) is 22.2 Å². The number of anilines is 1. The molecule has 0 fully saturated rings. The van der Waals surface area contributed by atoms with Crippen molar-refractivity contribution in [2.45, 2.75) is 6.92 Å². The second-order valence-electron chi connectivity index (χ2n) is 4.05. The number of nitrogens with two attached hydrogens (primary N) is 1. The molecule has 0 aliphatic carbocycles. The number of carbonyl (C=O) groups is 2. The molecule has 104 valence electrons. The van der Waals surface area contributed by atoms with Crippen molar-refractivity contribution in [2.24, 2.45) is 0 Å². The van der Waals surface area contributed by atoms with Gasteiger partial charge in [-0.1, -0.05) is 24.3 Å². The highest BCUT2D eigenvalue weighted by molar-refractivity contribution is 5.94. The molecule has 0 heterocycles. The molecule has 0 unspecified atom stereocenters. The standard InChI is InChI=1S/C9H8O4.C6H7N/c1-5-2-3-6(8(10)11)4-7(5)9(12)13;7-6-4-2-1-3-5-6/h2-4H,1H3,(H,10,11)(H,12,13);1-5H,7H2. The smallest absolute Gasteiger partial charge is 0.335 e. The largest absolute Gasteiger partial charge is 0.478 e. The zero-order valence-corrected chi connectivity index (χ0v) is 10.9. The number of rotatable bonds is 2. The van der Waals surface area contributed by atoms with Crippen molar-refractivity contribution in [1.29, 1.82) is 0 Å². The van der Waals surface area contributed by atoms with Crippen LogP contribution in [0.2, 0.25) is 0 Å². The summed E-state index contributed by atoms with van der Waals surface area (Å²) in [5.41, 5.74) is 6.75. The van der Waals surface area contributed by atoms with Crippen molar-refractivity contribution in [3.05, 3.63) is 65.2 Å². The summed E-state index contributed by atoms with van der Waals surface area (Å²) >= 11 is 0. The van der Waals surface area contributed by atoms with E-state index < -0.39 is 11.9 Å². The maximum Gasteiger partial charge on any atom is 0.335 e. The molecular formula is C15H15NO4. The number of aryl methyl sites for hydroxylation is 1. The highest BCUT2D eigenvalue weighted by Crippen LogP contribution is 2.11. The van der Waals surface area contributed by atoms with E-state index in [4.69, 9.17) is 15.9 Å². The van der Waals surface area contributed by atoms with Gasteiger partial charge in [0.05, 0.1) is 11.1 Å². The van der Waals surface area contributed by atoms with Crippen LogP contribution >= 0.6 is 0 Å². The summed E-state index contributed by atoms with van der Waals surface area (Å²) in [6.07, 6.45) is 0. The average molecular weight is 273 g/mol. The Morgan fingerprint density at radius 2 is 1.55 bits per heavy atom. The molecular weight excluding hydrogens is 258 g/mol. The van der Waals surface area contributed by atoms with Crippen LogP contribution in [0.15, 0.2) is 48.5 Å². The van der Waals surface area contributed by atoms with Gasteiger partial charge in [0.1, 0.15) is 0 Å². The molecule has 0 aliphatic rings. The van der Waals surface area contributed by atoms with E-state index >= 15 is 0 Å². The van der Waals surface area contributed by atoms with Gasteiger partial charge in [-0.2, -0.15) is 0 Å². The van der Waals surface area contributed by atoms with E-state index in [0.29, 0.717) is 5.56 Å². The van der Waals surface area contributed by atoms with E-state index in [1.165, 1.54) is 12.1 Å². The van der Waals surface area contributed by atoms with Crippen molar-refractivity contribution in [1.82, 2.24) is 0 Å². The van der Waals surface area contributed by atoms with Crippen LogP contribution in [0.1, 0.15) is 26.3 Å². The third-order valence-corrected chi connectivity index (χ3v) is 2.51. The van der Waals surface area contributed by atoms with Gasteiger partial charge < -0.3 is 15.9 Å². The van der Waals surface area contributed by atoms with E-state index in [2.05, 4.69) is 0 Å². The molecule has 0 spiro atoms. The molecule has 2 aromatic carbocycles. The lowest BCUT2D eigenvalue weighted by Crippen LogP contribution is -2.03. The minimum atomic E-state index is -1.12. The monoisotopic (exact) mass is 273 g/mol. The predicted octanol–water partition coefficient (Wildman–Crippen LogP) is 2.66. The maximum atomic E-state index is 10.6. The molecule has 5 nitrogen and oxygen atoms in total. The highest BCUT2D eigenvalue weighted by atomic mass is 16.4. The van der Waals surface area contributed by atoms with Crippen molar-refractivity contribution in [2.75, 3.05) is 5.73 Å². The molecule has 5 heteroatoms. The summed E-state index contributed by atoms with van der Waals surface area (Å²) in [6, 6.07) is 13.5. The van der Waals surface area contributed by atoms with E-state index in [0.717, 1.165) is 11.8 Å². The van der Waals surface area contributed by atoms with Gasteiger partial charge >= 0.3 is 11.9 Å². The fourth-order valence-electron chi connectivity index (χ4n) is 1.44. The lowest BCUT2D eigenvalue weighted by molar-refractivity contribution is 0.0695. The minimum absolute atomic E-state index is 0.0111. The van der Waals surface area contributed by atoms with Gasteiger partial charge in [-0.05, 0) is 36.8 Å². The van der Waals surface area contributed by atoms with E-state index in [-0.39, 0.29) is 11.1 Å².